The van der Waals surface area contributed by atoms with Crippen molar-refractivity contribution in [3.63, 3.8) is 0 Å². The highest BCUT2D eigenvalue weighted by Gasteiger charge is 2.53. The van der Waals surface area contributed by atoms with Gasteiger partial charge < -0.3 is 15.5 Å². The lowest BCUT2D eigenvalue weighted by Gasteiger charge is -2.60. The molecule has 1 amide bonds. The van der Waals surface area contributed by atoms with Crippen LogP contribution in [0.4, 0.5) is 5.69 Å². The lowest BCUT2D eigenvalue weighted by molar-refractivity contribution is -0.103. The highest BCUT2D eigenvalue weighted by atomic mass is 16.3. The summed E-state index contributed by atoms with van der Waals surface area (Å²) in [4.78, 5) is 16.7. The van der Waals surface area contributed by atoms with Gasteiger partial charge in [0.2, 0.25) is 5.89 Å². The number of rotatable bonds is 4. The van der Waals surface area contributed by atoms with Gasteiger partial charge in [0.25, 0.3) is 5.91 Å². The largest absolute Gasteiger partial charge is 0.444 e. The van der Waals surface area contributed by atoms with Crippen molar-refractivity contribution in [3.05, 3.63) is 36.2 Å². The molecule has 3 aliphatic rings. The average molecular weight is 339 g/mol. The Morgan fingerprint density at radius 2 is 2.08 bits per heavy atom. The van der Waals surface area contributed by atoms with Gasteiger partial charge in [-0.05, 0) is 66.7 Å². The Kier molecular flexibility index (Phi) is 3.82. The molecular formula is C20H25N3O2. The van der Waals surface area contributed by atoms with Crippen LogP contribution in [0.2, 0.25) is 0 Å². The molecule has 0 aliphatic heterocycles. The lowest BCUT2D eigenvalue weighted by atomic mass is 9.45. The van der Waals surface area contributed by atoms with Crippen LogP contribution < -0.4 is 11.1 Å². The van der Waals surface area contributed by atoms with Crippen molar-refractivity contribution >= 4 is 11.6 Å². The van der Waals surface area contributed by atoms with Crippen LogP contribution in [0.1, 0.15) is 43.6 Å². The first-order valence-corrected chi connectivity index (χ1v) is 9.05. The van der Waals surface area contributed by atoms with Crippen molar-refractivity contribution in [1.82, 2.24) is 10.3 Å². The molecule has 5 rings (SSSR count). The number of amides is 1. The number of carbonyl (C=O) groups excluding carboxylic acids is 1. The molecule has 1 aromatic heterocycles. The van der Waals surface area contributed by atoms with Gasteiger partial charge >= 0.3 is 0 Å². The van der Waals surface area contributed by atoms with Gasteiger partial charge in [-0.2, -0.15) is 0 Å². The number of hydrogen-bond acceptors (Lipinski definition) is 4. The zero-order valence-electron chi connectivity index (χ0n) is 14.8. The topological polar surface area (TPSA) is 81.2 Å². The summed E-state index contributed by atoms with van der Waals surface area (Å²) in [5, 5.41) is 3.05. The molecule has 3 N–H and O–H groups in total. The number of aromatic nitrogens is 1. The standard InChI is InChI=1S/C20H25N3O2/c1-20(2)14-6-3-13(16(20)9-14)10-22-18(24)17-11-25-19(23-17)12-4-7-15(21)8-5-12/h4-5,7-8,11,13-14,16H,3,6,9-10,21H2,1-2H3,(H,22,24). The zero-order chi connectivity index (χ0) is 17.6. The molecule has 3 atom stereocenters. The van der Waals surface area contributed by atoms with Crippen molar-refractivity contribution in [2.45, 2.75) is 33.1 Å². The van der Waals surface area contributed by atoms with Crippen molar-refractivity contribution in [1.29, 1.82) is 0 Å². The van der Waals surface area contributed by atoms with Gasteiger partial charge in [-0.15, -0.1) is 0 Å². The first-order valence-electron chi connectivity index (χ1n) is 9.05. The summed E-state index contributed by atoms with van der Waals surface area (Å²) in [5.41, 5.74) is 7.94. The van der Waals surface area contributed by atoms with E-state index in [0.717, 1.165) is 23.9 Å². The second kappa shape index (κ2) is 5.90. The molecule has 3 aliphatic carbocycles. The lowest BCUT2D eigenvalue weighted by Crippen LogP contribution is -2.54. The smallest absolute Gasteiger partial charge is 0.273 e. The summed E-state index contributed by atoms with van der Waals surface area (Å²) in [5.74, 6) is 2.46. The maximum atomic E-state index is 12.4. The summed E-state index contributed by atoms with van der Waals surface area (Å²) < 4.78 is 5.45. The summed E-state index contributed by atoms with van der Waals surface area (Å²) in [6, 6.07) is 7.24. The Morgan fingerprint density at radius 3 is 2.76 bits per heavy atom. The number of hydrogen-bond donors (Lipinski definition) is 2. The van der Waals surface area contributed by atoms with E-state index in [1.165, 1.54) is 25.5 Å². The summed E-state index contributed by atoms with van der Waals surface area (Å²) >= 11 is 0. The Balaban J connectivity index is 1.38. The molecule has 3 fully saturated rings. The minimum atomic E-state index is -0.162. The van der Waals surface area contributed by atoms with Crippen LogP contribution in [0.5, 0.6) is 0 Å². The van der Waals surface area contributed by atoms with Crippen molar-refractivity contribution in [2.75, 3.05) is 12.3 Å². The van der Waals surface area contributed by atoms with Crippen LogP contribution in [0, 0.1) is 23.2 Å². The summed E-state index contributed by atoms with van der Waals surface area (Å²) in [7, 11) is 0. The Hall–Kier alpha value is -2.30. The second-order valence-electron chi connectivity index (χ2n) is 8.07. The van der Waals surface area contributed by atoms with Gasteiger partial charge in [-0.3, -0.25) is 4.79 Å². The van der Waals surface area contributed by atoms with E-state index in [4.69, 9.17) is 10.2 Å². The van der Waals surface area contributed by atoms with Gasteiger partial charge in [0.1, 0.15) is 6.26 Å². The molecule has 2 bridgehead atoms. The van der Waals surface area contributed by atoms with E-state index >= 15 is 0 Å². The molecule has 0 spiro atoms. The van der Waals surface area contributed by atoms with Crippen LogP contribution >= 0.6 is 0 Å². The molecule has 1 heterocycles. The van der Waals surface area contributed by atoms with Gasteiger partial charge in [0.15, 0.2) is 5.69 Å². The first-order chi connectivity index (χ1) is 11.9. The number of nitrogens with one attached hydrogen (secondary N) is 1. The number of oxazole rings is 1. The Morgan fingerprint density at radius 1 is 1.32 bits per heavy atom. The van der Waals surface area contributed by atoms with E-state index in [-0.39, 0.29) is 5.91 Å². The van der Waals surface area contributed by atoms with Crippen LogP contribution in [0.3, 0.4) is 0 Å². The highest BCUT2D eigenvalue weighted by molar-refractivity contribution is 5.92. The predicted octanol–water partition coefficient (Wildman–Crippen LogP) is 3.73. The SMILES string of the molecule is CC1(C)C2CCC(CNC(=O)c3coc(-c4ccc(N)cc4)n3)C1C2. The third-order valence-corrected chi connectivity index (χ3v) is 6.42. The van der Waals surface area contributed by atoms with Gasteiger partial charge in [0, 0.05) is 17.8 Å². The Bertz CT molecular complexity index is 776. The number of benzene rings is 1. The number of carbonyl (C=O) groups is 1. The quantitative estimate of drug-likeness (QED) is 0.832. The number of fused-ring (bicyclic) bond motifs is 2. The van der Waals surface area contributed by atoms with E-state index in [0.29, 0.717) is 28.6 Å². The molecule has 132 valence electrons. The van der Waals surface area contributed by atoms with Crippen LogP contribution in [0.25, 0.3) is 11.5 Å². The molecule has 0 saturated heterocycles. The third kappa shape index (κ3) is 2.81. The third-order valence-electron chi connectivity index (χ3n) is 6.42. The predicted molar refractivity (Wildman–Crippen MR) is 96.8 cm³/mol. The number of nitrogens with two attached hydrogens (primary N) is 1. The molecular weight excluding hydrogens is 314 g/mol. The van der Waals surface area contributed by atoms with Crippen LogP contribution in [-0.2, 0) is 0 Å². The van der Waals surface area contributed by atoms with Crippen LogP contribution in [-0.4, -0.2) is 17.4 Å². The molecule has 0 radical (unpaired) electrons. The number of nitrogen functional groups attached to an aromatic ring is 1. The average Bonchev–Trinajstić information content (AvgIpc) is 3.10. The highest BCUT2D eigenvalue weighted by Crippen LogP contribution is 2.61. The van der Waals surface area contributed by atoms with Gasteiger partial charge in [-0.25, -0.2) is 4.98 Å². The van der Waals surface area contributed by atoms with E-state index in [1.807, 2.05) is 12.1 Å². The molecule has 25 heavy (non-hydrogen) atoms. The van der Waals surface area contributed by atoms with Crippen molar-refractivity contribution in [2.24, 2.45) is 23.2 Å². The van der Waals surface area contributed by atoms with Crippen molar-refractivity contribution < 1.29 is 9.21 Å². The fourth-order valence-electron chi connectivity index (χ4n) is 4.66. The monoisotopic (exact) mass is 339 g/mol. The van der Waals surface area contributed by atoms with E-state index in [2.05, 4.69) is 24.1 Å². The molecule has 2 aromatic rings. The summed E-state index contributed by atoms with van der Waals surface area (Å²) in [6.45, 7) is 5.47. The van der Waals surface area contributed by atoms with E-state index in [1.54, 1.807) is 12.1 Å². The zero-order valence-corrected chi connectivity index (χ0v) is 14.8. The van der Waals surface area contributed by atoms with Gasteiger partial charge in [-0.1, -0.05) is 13.8 Å². The van der Waals surface area contributed by atoms with E-state index < -0.39 is 0 Å². The molecule has 1 aromatic carbocycles. The maximum Gasteiger partial charge on any atom is 0.273 e. The van der Waals surface area contributed by atoms with E-state index in [9.17, 15) is 4.79 Å². The fraction of sp³-hybridized carbons (Fsp3) is 0.500. The number of anilines is 1. The molecule has 3 unspecified atom stereocenters. The second-order valence-corrected chi connectivity index (χ2v) is 8.07. The fourth-order valence-corrected chi connectivity index (χ4v) is 4.66. The van der Waals surface area contributed by atoms with Crippen LogP contribution in [0.15, 0.2) is 34.9 Å². The molecule has 3 saturated carbocycles. The summed E-state index contributed by atoms with van der Waals surface area (Å²) in [6.07, 6.45) is 5.24. The maximum absolute atomic E-state index is 12.4. The molecule has 5 heteroatoms. The number of nitrogens with zero attached hydrogens (tertiary/aromatic N) is 1. The van der Waals surface area contributed by atoms with Gasteiger partial charge in [0.05, 0.1) is 0 Å². The first kappa shape index (κ1) is 16.2. The minimum Gasteiger partial charge on any atom is -0.444 e. The van der Waals surface area contributed by atoms with Crippen molar-refractivity contribution in [3.8, 4) is 11.5 Å². The normalized spacial score (nSPS) is 26.7. The molecule has 5 nitrogen and oxygen atoms in total. The Labute approximate surface area is 148 Å². The minimum absolute atomic E-state index is 0.162.